The lowest BCUT2D eigenvalue weighted by Gasteiger charge is -2.06. The van der Waals surface area contributed by atoms with Gasteiger partial charge in [0.2, 0.25) is 5.82 Å². The quantitative estimate of drug-likeness (QED) is 0.622. The molecule has 2 rings (SSSR count). The number of halogens is 1. The van der Waals surface area contributed by atoms with Crippen LogP contribution in [0.2, 0.25) is 0 Å². The summed E-state index contributed by atoms with van der Waals surface area (Å²) in [6.07, 6.45) is 0. The standard InChI is InChI=1S/C13H9FN2O5/c14-12-7-11(4-5-13(12)16(19)20)21-8-9-2-1-3-10(6-9)15(17)18/h1-7H,8H2. The number of ether oxygens (including phenoxy) is 1. The van der Waals surface area contributed by atoms with Crippen LogP contribution in [0.4, 0.5) is 15.8 Å². The van der Waals surface area contributed by atoms with Gasteiger partial charge in [-0.05, 0) is 11.6 Å². The smallest absolute Gasteiger partial charge is 0.305 e. The third-order valence-corrected chi connectivity index (χ3v) is 2.64. The Morgan fingerprint density at radius 1 is 1.05 bits per heavy atom. The fraction of sp³-hybridized carbons (Fsp3) is 0.0769. The molecule has 0 atom stereocenters. The van der Waals surface area contributed by atoms with E-state index in [1.165, 1.54) is 24.3 Å². The Kier molecular flexibility index (Phi) is 4.07. The van der Waals surface area contributed by atoms with Gasteiger partial charge >= 0.3 is 5.69 Å². The zero-order valence-electron chi connectivity index (χ0n) is 10.6. The van der Waals surface area contributed by atoms with E-state index in [4.69, 9.17) is 4.74 Å². The maximum atomic E-state index is 13.4. The summed E-state index contributed by atoms with van der Waals surface area (Å²) in [5, 5.41) is 21.1. The molecule has 0 fully saturated rings. The molecule has 0 unspecified atom stereocenters. The van der Waals surface area contributed by atoms with Gasteiger partial charge in [0, 0.05) is 24.3 Å². The van der Waals surface area contributed by atoms with Crippen molar-refractivity contribution in [2.24, 2.45) is 0 Å². The van der Waals surface area contributed by atoms with Crippen LogP contribution in [0.5, 0.6) is 5.75 Å². The molecule has 0 aliphatic carbocycles. The first-order valence-corrected chi connectivity index (χ1v) is 5.77. The molecule has 21 heavy (non-hydrogen) atoms. The van der Waals surface area contributed by atoms with Gasteiger partial charge in [0.25, 0.3) is 5.69 Å². The van der Waals surface area contributed by atoms with Gasteiger partial charge in [-0.2, -0.15) is 4.39 Å². The molecule has 2 aromatic rings. The summed E-state index contributed by atoms with van der Waals surface area (Å²) in [4.78, 5) is 19.7. The van der Waals surface area contributed by atoms with Gasteiger partial charge in [0.05, 0.1) is 9.85 Å². The molecule has 0 saturated carbocycles. The third kappa shape index (κ3) is 3.50. The second-order valence-corrected chi connectivity index (χ2v) is 4.09. The molecular formula is C13H9FN2O5. The molecule has 8 heteroatoms. The molecule has 0 aliphatic rings. The zero-order chi connectivity index (χ0) is 15.4. The minimum atomic E-state index is -1.00. The highest BCUT2D eigenvalue weighted by molar-refractivity contribution is 5.38. The van der Waals surface area contributed by atoms with E-state index in [9.17, 15) is 24.6 Å². The summed E-state index contributed by atoms with van der Waals surface area (Å²) >= 11 is 0. The summed E-state index contributed by atoms with van der Waals surface area (Å²) in [7, 11) is 0. The topological polar surface area (TPSA) is 95.5 Å². The number of nitro benzene ring substituents is 2. The highest BCUT2D eigenvalue weighted by atomic mass is 19.1. The Hall–Kier alpha value is -3.03. The summed E-state index contributed by atoms with van der Waals surface area (Å²) < 4.78 is 18.6. The average Bonchev–Trinajstić information content (AvgIpc) is 2.45. The first kappa shape index (κ1) is 14.4. The number of rotatable bonds is 5. The lowest BCUT2D eigenvalue weighted by molar-refractivity contribution is -0.387. The second-order valence-electron chi connectivity index (χ2n) is 4.09. The molecule has 0 aliphatic heterocycles. The van der Waals surface area contributed by atoms with Crippen molar-refractivity contribution in [1.82, 2.24) is 0 Å². The SMILES string of the molecule is O=[N+]([O-])c1cccc(COc2ccc([N+](=O)[O-])c(F)c2)c1. The second kappa shape index (κ2) is 5.95. The Morgan fingerprint density at radius 3 is 2.43 bits per heavy atom. The van der Waals surface area contributed by atoms with Gasteiger partial charge in [0.1, 0.15) is 12.4 Å². The normalized spacial score (nSPS) is 10.1. The molecule has 2 aromatic carbocycles. The van der Waals surface area contributed by atoms with Gasteiger partial charge < -0.3 is 4.74 Å². The predicted octanol–water partition coefficient (Wildman–Crippen LogP) is 3.22. The Labute approximate surface area is 117 Å². The van der Waals surface area contributed by atoms with E-state index in [-0.39, 0.29) is 18.0 Å². The van der Waals surface area contributed by atoms with Gasteiger partial charge in [-0.3, -0.25) is 20.2 Å². The average molecular weight is 292 g/mol. The van der Waals surface area contributed by atoms with Crippen LogP contribution < -0.4 is 4.74 Å². The van der Waals surface area contributed by atoms with Crippen molar-refractivity contribution in [2.45, 2.75) is 6.61 Å². The van der Waals surface area contributed by atoms with Crippen molar-refractivity contribution in [3.05, 3.63) is 74.1 Å². The van der Waals surface area contributed by atoms with Crippen molar-refractivity contribution in [3.63, 3.8) is 0 Å². The number of nitro groups is 2. The molecular weight excluding hydrogens is 283 g/mol. The maximum Gasteiger partial charge on any atom is 0.305 e. The number of hydrogen-bond donors (Lipinski definition) is 0. The molecule has 0 radical (unpaired) electrons. The van der Waals surface area contributed by atoms with E-state index < -0.39 is 21.4 Å². The first-order valence-electron chi connectivity index (χ1n) is 5.77. The van der Waals surface area contributed by atoms with Crippen molar-refractivity contribution in [3.8, 4) is 5.75 Å². The summed E-state index contributed by atoms with van der Waals surface area (Å²) in [6, 6.07) is 8.96. The number of benzene rings is 2. The van der Waals surface area contributed by atoms with Gasteiger partial charge in [-0.25, -0.2) is 0 Å². The lowest BCUT2D eigenvalue weighted by atomic mass is 10.2. The van der Waals surface area contributed by atoms with E-state index >= 15 is 0 Å². The molecule has 7 nitrogen and oxygen atoms in total. The van der Waals surface area contributed by atoms with E-state index in [1.54, 1.807) is 6.07 Å². The largest absolute Gasteiger partial charge is 0.489 e. The minimum absolute atomic E-state index is 0.0149. The first-order chi connectivity index (χ1) is 9.97. The van der Waals surface area contributed by atoms with Crippen LogP contribution in [-0.2, 0) is 6.61 Å². The highest BCUT2D eigenvalue weighted by Crippen LogP contribution is 2.23. The monoisotopic (exact) mass is 292 g/mol. The Bertz CT molecular complexity index is 705. The molecule has 0 amide bonds. The van der Waals surface area contributed by atoms with Gasteiger partial charge in [-0.1, -0.05) is 12.1 Å². The molecule has 0 spiro atoms. The molecule has 108 valence electrons. The van der Waals surface area contributed by atoms with E-state index in [1.807, 2.05) is 0 Å². The van der Waals surface area contributed by atoms with Crippen LogP contribution in [0.3, 0.4) is 0 Å². The van der Waals surface area contributed by atoms with Gasteiger partial charge in [-0.15, -0.1) is 0 Å². The fourth-order valence-electron chi connectivity index (χ4n) is 1.65. The van der Waals surface area contributed by atoms with Crippen LogP contribution in [0, 0.1) is 26.0 Å². The zero-order valence-corrected chi connectivity index (χ0v) is 10.6. The molecule has 0 N–H and O–H groups in total. The Morgan fingerprint density at radius 2 is 1.81 bits per heavy atom. The number of hydrogen-bond acceptors (Lipinski definition) is 5. The van der Waals surface area contributed by atoms with E-state index in [0.717, 1.165) is 12.1 Å². The molecule has 0 aromatic heterocycles. The highest BCUT2D eigenvalue weighted by Gasteiger charge is 2.14. The van der Waals surface area contributed by atoms with Crippen molar-refractivity contribution < 1.29 is 19.0 Å². The lowest BCUT2D eigenvalue weighted by Crippen LogP contribution is -1.98. The van der Waals surface area contributed by atoms with Crippen molar-refractivity contribution in [1.29, 1.82) is 0 Å². The van der Waals surface area contributed by atoms with Crippen LogP contribution in [0.1, 0.15) is 5.56 Å². The molecule has 0 saturated heterocycles. The summed E-state index contributed by atoms with van der Waals surface area (Å²) in [5.41, 5.74) is -0.188. The molecule has 0 bridgehead atoms. The minimum Gasteiger partial charge on any atom is -0.489 e. The summed E-state index contributed by atoms with van der Waals surface area (Å²) in [6.45, 7) is -0.0149. The Balaban J connectivity index is 2.10. The van der Waals surface area contributed by atoms with E-state index in [2.05, 4.69) is 0 Å². The maximum absolute atomic E-state index is 13.4. The fourth-order valence-corrected chi connectivity index (χ4v) is 1.65. The number of nitrogens with zero attached hydrogens (tertiary/aromatic N) is 2. The predicted molar refractivity (Wildman–Crippen MR) is 70.5 cm³/mol. The molecule has 0 heterocycles. The third-order valence-electron chi connectivity index (χ3n) is 2.64. The van der Waals surface area contributed by atoms with Crippen molar-refractivity contribution >= 4 is 11.4 Å². The van der Waals surface area contributed by atoms with Crippen molar-refractivity contribution in [2.75, 3.05) is 0 Å². The van der Waals surface area contributed by atoms with Crippen LogP contribution in [0.15, 0.2) is 42.5 Å². The van der Waals surface area contributed by atoms with Crippen LogP contribution in [-0.4, -0.2) is 9.85 Å². The van der Waals surface area contributed by atoms with Gasteiger partial charge in [0.15, 0.2) is 0 Å². The van der Waals surface area contributed by atoms with Crippen LogP contribution in [0.25, 0.3) is 0 Å². The number of non-ortho nitro benzene ring substituents is 1. The van der Waals surface area contributed by atoms with Crippen LogP contribution >= 0.6 is 0 Å². The summed E-state index contributed by atoms with van der Waals surface area (Å²) in [5.74, 6) is -0.902. The van der Waals surface area contributed by atoms with E-state index in [0.29, 0.717) is 5.56 Å².